The van der Waals surface area contributed by atoms with Crippen molar-refractivity contribution in [1.82, 2.24) is 15.3 Å². The summed E-state index contributed by atoms with van der Waals surface area (Å²) in [5.41, 5.74) is 10.9. The molecule has 5 heteroatoms. The summed E-state index contributed by atoms with van der Waals surface area (Å²) >= 11 is 0. The highest BCUT2D eigenvalue weighted by Gasteiger charge is 2.25. The Labute approximate surface area is 117 Å². The minimum Gasteiger partial charge on any atom is -0.368 e. The average molecular weight is 267 g/mol. The van der Waals surface area contributed by atoms with E-state index in [0.29, 0.717) is 5.95 Å². The Morgan fingerprint density at radius 3 is 2.60 bits per heavy atom. The highest BCUT2D eigenvalue weighted by Crippen LogP contribution is 2.31. The van der Waals surface area contributed by atoms with Crippen molar-refractivity contribution in [2.24, 2.45) is 0 Å². The van der Waals surface area contributed by atoms with Gasteiger partial charge in [-0.15, -0.1) is 0 Å². The van der Waals surface area contributed by atoms with E-state index >= 15 is 0 Å². The summed E-state index contributed by atoms with van der Waals surface area (Å²) in [6.07, 6.45) is 0.970. The van der Waals surface area contributed by atoms with Crippen molar-refractivity contribution < 1.29 is 0 Å². The molecule has 0 bridgehead atoms. The van der Waals surface area contributed by atoms with Crippen molar-refractivity contribution in [2.45, 2.75) is 26.1 Å². The van der Waals surface area contributed by atoms with Crippen LogP contribution < -0.4 is 16.0 Å². The molecule has 2 aliphatic rings. The SMILES string of the molecule is Nc1nc2c(c(N3Cc4ccccc4C3)n1)CCNC2. The molecular formula is C15H17N5. The fraction of sp³-hybridized carbons (Fsp3) is 0.333. The number of fused-ring (bicyclic) bond motifs is 2. The van der Waals surface area contributed by atoms with E-state index in [9.17, 15) is 0 Å². The normalized spacial score (nSPS) is 16.9. The molecule has 3 heterocycles. The van der Waals surface area contributed by atoms with Gasteiger partial charge in [0.1, 0.15) is 5.82 Å². The molecule has 0 unspecified atom stereocenters. The van der Waals surface area contributed by atoms with Gasteiger partial charge in [-0.2, -0.15) is 4.98 Å². The minimum absolute atomic E-state index is 0.374. The number of nitrogens with one attached hydrogen (secondary N) is 1. The maximum absolute atomic E-state index is 5.88. The number of aromatic nitrogens is 2. The number of nitrogens with zero attached hydrogens (tertiary/aromatic N) is 3. The van der Waals surface area contributed by atoms with Crippen LogP contribution in [0.15, 0.2) is 24.3 Å². The zero-order valence-corrected chi connectivity index (χ0v) is 11.3. The van der Waals surface area contributed by atoms with Crippen LogP contribution >= 0.6 is 0 Å². The van der Waals surface area contributed by atoms with Gasteiger partial charge in [-0.1, -0.05) is 24.3 Å². The number of hydrogen-bond donors (Lipinski definition) is 2. The Balaban J connectivity index is 1.75. The van der Waals surface area contributed by atoms with Crippen molar-refractivity contribution in [1.29, 1.82) is 0 Å². The minimum atomic E-state index is 0.374. The van der Waals surface area contributed by atoms with Crippen molar-refractivity contribution in [3.05, 3.63) is 46.6 Å². The Morgan fingerprint density at radius 2 is 1.85 bits per heavy atom. The van der Waals surface area contributed by atoms with Crippen LogP contribution in [-0.2, 0) is 26.1 Å². The van der Waals surface area contributed by atoms with Crippen LogP contribution in [0, 0.1) is 0 Å². The number of nitrogens with two attached hydrogens (primary N) is 1. The van der Waals surface area contributed by atoms with Crippen LogP contribution in [0.5, 0.6) is 0 Å². The molecule has 1 aromatic heterocycles. The Morgan fingerprint density at radius 1 is 1.10 bits per heavy atom. The van der Waals surface area contributed by atoms with Gasteiger partial charge in [0.2, 0.25) is 5.95 Å². The molecular weight excluding hydrogens is 250 g/mol. The second-order valence-electron chi connectivity index (χ2n) is 5.38. The highest BCUT2D eigenvalue weighted by atomic mass is 15.2. The Hall–Kier alpha value is -2.14. The van der Waals surface area contributed by atoms with Crippen LogP contribution in [-0.4, -0.2) is 16.5 Å². The van der Waals surface area contributed by atoms with Gasteiger partial charge in [-0.3, -0.25) is 0 Å². The quantitative estimate of drug-likeness (QED) is 0.813. The third kappa shape index (κ3) is 1.82. The predicted molar refractivity (Wildman–Crippen MR) is 78.2 cm³/mol. The molecule has 0 fully saturated rings. The summed E-state index contributed by atoms with van der Waals surface area (Å²) < 4.78 is 0. The van der Waals surface area contributed by atoms with Gasteiger partial charge in [0, 0.05) is 25.2 Å². The molecule has 0 spiro atoms. The molecule has 0 atom stereocenters. The van der Waals surface area contributed by atoms with Gasteiger partial charge in [0.15, 0.2) is 0 Å². The summed E-state index contributed by atoms with van der Waals surface area (Å²) in [4.78, 5) is 11.2. The third-order valence-electron chi connectivity index (χ3n) is 4.07. The van der Waals surface area contributed by atoms with E-state index < -0.39 is 0 Å². The molecule has 5 nitrogen and oxygen atoms in total. The lowest BCUT2D eigenvalue weighted by Crippen LogP contribution is -2.29. The van der Waals surface area contributed by atoms with Crippen LogP contribution in [0.2, 0.25) is 0 Å². The number of rotatable bonds is 1. The third-order valence-corrected chi connectivity index (χ3v) is 4.07. The molecule has 1 aromatic carbocycles. The van der Waals surface area contributed by atoms with Crippen LogP contribution in [0.1, 0.15) is 22.4 Å². The molecule has 102 valence electrons. The first-order valence-corrected chi connectivity index (χ1v) is 6.99. The smallest absolute Gasteiger partial charge is 0.222 e. The number of anilines is 2. The first-order valence-electron chi connectivity index (χ1n) is 6.99. The lowest BCUT2D eigenvalue weighted by Gasteiger charge is -2.25. The molecule has 20 heavy (non-hydrogen) atoms. The highest BCUT2D eigenvalue weighted by molar-refractivity contribution is 5.56. The molecule has 3 N–H and O–H groups in total. The summed E-state index contributed by atoms with van der Waals surface area (Å²) in [6, 6.07) is 8.56. The van der Waals surface area contributed by atoms with Crippen LogP contribution in [0.4, 0.5) is 11.8 Å². The van der Waals surface area contributed by atoms with Crippen molar-refractivity contribution in [3.63, 3.8) is 0 Å². The van der Waals surface area contributed by atoms with Gasteiger partial charge in [0.25, 0.3) is 0 Å². The van der Waals surface area contributed by atoms with E-state index in [1.54, 1.807) is 0 Å². The zero-order chi connectivity index (χ0) is 13.5. The van der Waals surface area contributed by atoms with E-state index in [-0.39, 0.29) is 0 Å². The number of nitrogen functional groups attached to an aromatic ring is 1. The van der Waals surface area contributed by atoms with Crippen molar-refractivity contribution in [2.75, 3.05) is 17.2 Å². The fourth-order valence-corrected chi connectivity index (χ4v) is 3.10. The molecule has 2 aliphatic heterocycles. The molecule has 4 rings (SSSR count). The maximum Gasteiger partial charge on any atom is 0.222 e. The first kappa shape index (κ1) is 11.7. The molecule has 0 amide bonds. The van der Waals surface area contributed by atoms with E-state index in [2.05, 4.69) is 44.5 Å². The maximum atomic E-state index is 5.88. The molecule has 0 radical (unpaired) electrons. The molecule has 0 saturated carbocycles. The summed E-state index contributed by atoms with van der Waals surface area (Å²) in [6.45, 7) is 3.59. The van der Waals surface area contributed by atoms with E-state index in [1.807, 2.05) is 0 Å². The summed E-state index contributed by atoms with van der Waals surface area (Å²) in [5, 5.41) is 3.34. The van der Waals surface area contributed by atoms with Gasteiger partial charge >= 0.3 is 0 Å². The first-order chi connectivity index (χ1) is 9.81. The van der Waals surface area contributed by atoms with Crippen molar-refractivity contribution >= 4 is 11.8 Å². The molecule has 0 aliphatic carbocycles. The van der Waals surface area contributed by atoms with Gasteiger partial charge in [0.05, 0.1) is 5.69 Å². The molecule has 0 saturated heterocycles. The summed E-state index contributed by atoms with van der Waals surface area (Å²) in [5.74, 6) is 1.39. The largest absolute Gasteiger partial charge is 0.368 e. The molecule has 2 aromatic rings. The van der Waals surface area contributed by atoms with Crippen LogP contribution in [0.3, 0.4) is 0 Å². The topological polar surface area (TPSA) is 67.1 Å². The van der Waals surface area contributed by atoms with E-state index in [1.165, 1.54) is 16.7 Å². The standard InChI is InChI=1S/C15H17N5/c16-15-18-13-7-17-6-5-12(13)14(19-15)20-8-10-3-1-2-4-11(10)9-20/h1-4,17H,5-9H2,(H2,16,18,19). The number of hydrogen-bond acceptors (Lipinski definition) is 5. The average Bonchev–Trinajstić information content (AvgIpc) is 2.90. The summed E-state index contributed by atoms with van der Waals surface area (Å²) in [7, 11) is 0. The Kier molecular flexibility index (Phi) is 2.60. The predicted octanol–water partition coefficient (Wildman–Crippen LogP) is 1.22. The van der Waals surface area contributed by atoms with E-state index in [0.717, 1.165) is 44.1 Å². The second-order valence-corrected chi connectivity index (χ2v) is 5.38. The second kappa shape index (κ2) is 4.45. The van der Waals surface area contributed by atoms with Gasteiger partial charge in [-0.05, 0) is 24.1 Å². The number of benzene rings is 1. The lowest BCUT2D eigenvalue weighted by molar-refractivity contribution is 0.621. The van der Waals surface area contributed by atoms with Gasteiger partial charge < -0.3 is 16.0 Å². The van der Waals surface area contributed by atoms with Gasteiger partial charge in [-0.25, -0.2) is 4.98 Å². The lowest BCUT2D eigenvalue weighted by atomic mass is 10.1. The zero-order valence-electron chi connectivity index (χ0n) is 11.3. The Bertz CT molecular complexity index is 642. The van der Waals surface area contributed by atoms with Crippen molar-refractivity contribution in [3.8, 4) is 0 Å². The van der Waals surface area contributed by atoms with Crippen LogP contribution in [0.25, 0.3) is 0 Å². The monoisotopic (exact) mass is 267 g/mol. The fourth-order valence-electron chi connectivity index (χ4n) is 3.10. The van der Waals surface area contributed by atoms with E-state index in [4.69, 9.17) is 5.73 Å².